The van der Waals surface area contributed by atoms with Gasteiger partial charge in [-0.05, 0) is 85.9 Å². The van der Waals surface area contributed by atoms with Gasteiger partial charge < -0.3 is 10.2 Å². The summed E-state index contributed by atoms with van der Waals surface area (Å²) in [4.78, 5) is 11.5. The standard InChI is InChI=1S/C21H34O3S/c1-12(22)25-13-6-8-20(2)16-7-9-21(3)15(4-5-19(21)24)14(16)11-18(23)17(20)10-13/h13-19,23-24H,4-11H2,1-3H3/t13-,14?,15?,16?,17-,18+,19+,20-,21+/m1/s1. The second kappa shape index (κ2) is 6.24. The van der Waals surface area contributed by atoms with Gasteiger partial charge in [-0.15, -0.1) is 0 Å². The summed E-state index contributed by atoms with van der Waals surface area (Å²) >= 11 is 1.49. The van der Waals surface area contributed by atoms with Crippen LogP contribution in [0.3, 0.4) is 0 Å². The van der Waals surface area contributed by atoms with Crippen LogP contribution < -0.4 is 0 Å². The lowest BCUT2D eigenvalue weighted by Gasteiger charge is -2.62. The minimum Gasteiger partial charge on any atom is -0.393 e. The molecule has 142 valence electrons. The molecular weight excluding hydrogens is 332 g/mol. The normalized spacial score (nSPS) is 55.2. The second-order valence-corrected chi connectivity index (χ2v) is 11.4. The van der Waals surface area contributed by atoms with E-state index in [4.69, 9.17) is 0 Å². The van der Waals surface area contributed by atoms with Crippen molar-refractivity contribution in [3.8, 4) is 0 Å². The Kier molecular flexibility index (Phi) is 4.57. The minimum atomic E-state index is -0.235. The molecule has 0 saturated heterocycles. The van der Waals surface area contributed by atoms with Crippen LogP contribution in [0.1, 0.15) is 72.1 Å². The average Bonchev–Trinajstić information content (AvgIpc) is 2.84. The first-order valence-electron chi connectivity index (χ1n) is 10.3. The number of hydrogen-bond donors (Lipinski definition) is 2. The summed E-state index contributed by atoms with van der Waals surface area (Å²) in [5.41, 5.74) is 0.289. The highest BCUT2D eigenvalue weighted by atomic mass is 32.2. The molecule has 9 atom stereocenters. The van der Waals surface area contributed by atoms with E-state index in [0.717, 1.165) is 44.9 Å². The van der Waals surface area contributed by atoms with E-state index in [9.17, 15) is 15.0 Å². The Labute approximate surface area is 156 Å². The maximum atomic E-state index is 11.5. The highest BCUT2D eigenvalue weighted by Crippen LogP contribution is 2.66. The van der Waals surface area contributed by atoms with Crippen molar-refractivity contribution in [2.45, 2.75) is 89.6 Å². The number of aliphatic hydroxyl groups excluding tert-OH is 2. The van der Waals surface area contributed by atoms with Crippen LogP contribution in [-0.2, 0) is 4.79 Å². The summed E-state index contributed by atoms with van der Waals surface area (Å²) in [6, 6.07) is 0. The Bertz CT molecular complexity index is 551. The van der Waals surface area contributed by atoms with Gasteiger partial charge in [0.25, 0.3) is 0 Å². The van der Waals surface area contributed by atoms with Crippen LogP contribution in [0.2, 0.25) is 0 Å². The van der Waals surface area contributed by atoms with Crippen LogP contribution >= 0.6 is 11.8 Å². The predicted molar refractivity (Wildman–Crippen MR) is 101 cm³/mol. The first kappa shape index (κ1) is 18.3. The molecule has 0 radical (unpaired) electrons. The van der Waals surface area contributed by atoms with Gasteiger partial charge in [0.15, 0.2) is 5.12 Å². The SMILES string of the molecule is CC(=O)S[C@@H]1CC[C@]2(C)C3CC[C@@]4(C)C(CC[C@@H]4O)C3C[C@H](O)[C@H]2C1. The lowest BCUT2D eigenvalue weighted by atomic mass is 9.44. The van der Waals surface area contributed by atoms with E-state index in [2.05, 4.69) is 13.8 Å². The van der Waals surface area contributed by atoms with Crippen LogP contribution in [0.25, 0.3) is 0 Å². The molecule has 0 bridgehead atoms. The molecule has 3 unspecified atom stereocenters. The number of thioether (sulfide) groups is 1. The molecule has 4 heteroatoms. The van der Waals surface area contributed by atoms with Crippen LogP contribution in [0.15, 0.2) is 0 Å². The monoisotopic (exact) mass is 366 g/mol. The fourth-order valence-corrected chi connectivity index (χ4v) is 8.59. The third kappa shape index (κ3) is 2.73. The maximum absolute atomic E-state index is 11.5. The number of aliphatic hydroxyl groups is 2. The van der Waals surface area contributed by atoms with Gasteiger partial charge >= 0.3 is 0 Å². The zero-order valence-corrected chi connectivity index (χ0v) is 16.7. The van der Waals surface area contributed by atoms with Crippen LogP contribution in [-0.4, -0.2) is 32.8 Å². The van der Waals surface area contributed by atoms with Crippen LogP contribution in [0.4, 0.5) is 0 Å². The molecule has 0 aromatic heterocycles. The summed E-state index contributed by atoms with van der Waals surface area (Å²) in [5, 5.41) is 22.2. The number of rotatable bonds is 1. The van der Waals surface area contributed by atoms with Crippen molar-refractivity contribution in [1.82, 2.24) is 0 Å². The maximum Gasteiger partial charge on any atom is 0.186 e. The number of carbonyl (C=O) groups is 1. The first-order chi connectivity index (χ1) is 11.8. The smallest absolute Gasteiger partial charge is 0.186 e. The van der Waals surface area contributed by atoms with Crippen molar-refractivity contribution in [2.75, 3.05) is 0 Å². The molecule has 0 aliphatic heterocycles. The topological polar surface area (TPSA) is 57.5 Å². The zero-order chi connectivity index (χ0) is 18.0. The Morgan fingerprint density at radius 2 is 1.60 bits per heavy atom. The van der Waals surface area contributed by atoms with Crippen LogP contribution in [0, 0.1) is 34.5 Å². The number of hydrogen-bond acceptors (Lipinski definition) is 4. The fraction of sp³-hybridized carbons (Fsp3) is 0.952. The lowest BCUT2D eigenvalue weighted by molar-refractivity contribution is -0.161. The molecule has 4 rings (SSSR count). The number of fused-ring (bicyclic) bond motifs is 5. The largest absolute Gasteiger partial charge is 0.393 e. The number of carbonyl (C=O) groups excluding carboxylic acids is 1. The van der Waals surface area contributed by atoms with E-state index in [0.29, 0.717) is 28.9 Å². The van der Waals surface area contributed by atoms with Crippen molar-refractivity contribution < 1.29 is 15.0 Å². The van der Waals surface area contributed by atoms with Gasteiger partial charge in [0.2, 0.25) is 0 Å². The van der Waals surface area contributed by atoms with Crippen molar-refractivity contribution in [3.63, 3.8) is 0 Å². The molecule has 3 nitrogen and oxygen atoms in total. The van der Waals surface area contributed by atoms with Gasteiger partial charge in [-0.1, -0.05) is 25.6 Å². The minimum absolute atomic E-state index is 0.0752. The summed E-state index contributed by atoms with van der Waals surface area (Å²) in [6.07, 6.45) is 8.21. The van der Waals surface area contributed by atoms with Crippen molar-refractivity contribution in [2.24, 2.45) is 34.5 Å². The molecular formula is C21H34O3S. The zero-order valence-electron chi connectivity index (χ0n) is 15.9. The summed E-state index contributed by atoms with van der Waals surface area (Å²) in [5.74, 6) is 2.18. The summed E-state index contributed by atoms with van der Waals surface area (Å²) in [7, 11) is 0. The average molecular weight is 367 g/mol. The van der Waals surface area contributed by atoms with Gasteiger partial charge in [0.1, 0.15) is 0 Å². The molecule has 2 N–H and O–H groups in total. The lowest BCUT2D eigenvalue weighted by Crippen LogP contribution is -2.58. The summed E-state index contributed by atoms with van der Waals surface area (Å²) in [6.45, 7) is 6.40. The highest BCUT2D eigenvalue weighted by Gasteiger charge is 2.61. The predicted octanol–water partition coefficient (Wildman–Crippen LogP) is 4.01. The van der Waals surface area contributed by atoms with Gasteiger partial charge in [-0.25, -0.2) is 0 Å². The third-order valence-corrected chi connectivity index (χ3v) is 10.0. The van der Waals surface area contributed by atoms with E-state index >= 15 is 0 Å². The molecule has 4 saturated carbocycles. The summed E-state index contributed by atoms with van der Waals surface area (Å²) < 4.78 is 0. The Morgan fingerprint density at radius 3 is 2.32 bits per heavy atom. The molecule has 4 aliphatic carbocycles. The first-order valence-corrected chi connectivity index (χ1v) is 11.2. The molecule has 0 aromatic carbocycles. The molecule has 4 aliphatic rings. The molecule has 0 heterocycles. The van der Waals surface area contributed by atoms with Crippen LogP contribution in [0.5, 0.6) is 0 Å². The van der Waals surface area contributed by atoms with E-state index in [1.165, 1.54) is 18.2 Å². The van der Waals surface area contributed by atoms with Crippen molar-refractivity contribution in [1.29, 1.82) is 0 Å². The third-order valence-electron chi connectivity index (χ3n) is 8.91. The Hall–Kier alpha value is -0.0600. The van der Waals surface area contributed by atoms with E-state index < -0.39 is 0 Å². The van der Waals surface area contributed by atoms with Gasteiger partial charge in [-0.3, -0.25) is 4.79 Å². The molecule has 25 heavy (non-hydrogen) atoms. The van der Waals surface area contributed by atoms with E-state index in [1.54, 1.807) is 6.92 Å². The van der Waals surface area contributed by atoms with E-state index in [-0.39, 0.29) is 28.2 Å². The van der Waals surface area contributed by atoms with Crippen molar-refractivity contribution in [3.05, 3.63) is 0 Å². The quantitative estimate of drug-likeness (QED) is 0.736. The Balaban J connectivity index is 1.58. The van der Waals surface area contributed by atoms with Gasteiger partial charge in [-0.2, -0.15) is 0 Å². The van der Waals surface area contributed by atoms with Crippen molar-refractivity contribution >= 4 is 16.9 Å². The fourth-order valence-electron chi connectivity index (χ4n) is 7.58. The van der Waals surface area contributed by atoms with Gasteiger partial charge in [0.05, 0.1) is 12.2 Å². The molecule has 0 aromatic rings. The second-order valence-electron chi connectivity index (χ2n) is 9.94. The molecule has 0 spiro atoms. The highest BCUT2D eigenvalue weighted by molar-refractivity contribution is 8.14. The van der Waals surface area contributed by atoms with E-state index in [1.807, 2.05) is 0 Å². The molecule has 0 amide bonds. The molecule has 4 fully saturated rings. The Morgan fingerprint density at radius 1 is 0.920 bits per heavy atom. The van der Waals surface area contributed by atoms with Gasteiger partial charge in [0, 0.05) is 12.2 Å².